The number of nitrogens with one attached hydrogen (secondary N) is 1. The van der Waals surface area contributed by atoms with Gasteiger partial charge in [0.15, 0.2) is 5.82 Å². The van der Waals surface area contributed by atoms with Crippen molar-refractivity contribution in [3.8, 4) is 11.4 Å². The van der Waals surface area contributed by atoms with E-state index in [-0.39, 0.29) is 23.9 Å². The topological polar surface area (TPSA) is 94.7 Å². The van der Waals surface area contributed by atoms with Gasteiger partial charge in [0.25, 0.3) is 5.56 Å². The highest BCUT2D eigenvalue weighted by Gasteiger charge is 2.16. The van der Waals surface area contributed by atoms with E-state index in [1.165, 1.54) is 10.6 Å². The Morgan fingerprint density at radius 3 is 2.69 bits per heavy atom. The number of benzene rings is 1. The Morgan fingerprint density at radius 2 is 1.92 bits per heavy atom. The highest BCUT2D eigenvalue weighted by atomic mass is 16.1. The monoisotopic (exact) mass is 352 g/mol. The Kier molecular flexibility index (Phi) is 5.21. The van der Waals surface area contributed by atoms with E-state index in [1.54, 1.807) is 29.1 Å². The normalized spacial score (nSPS) is 10.9. The van der Waals surface area contributed by atoms with Gasteiger partial charge < -0.3 is 9.88 Å². The summed E-state index contributed by atoms with van der Waals surface area (Å²) in [6.07, 6.45) is 1.85. The van der Waals surface area contributed by atoms with Gasteiger partial charge in [0.1, 0.15) is 0 Å². The molecule has 134 valence electrons. The highest BCUT2D eigenvalue weighted by molar-refractivity contribution is 5.94. The number of aryl methyl sites for hydroxylation is 1. The first-order chi connectivity index (χ1) is 12.6. The molecule has 2 heterocycles. The lowest BCUT2D eigenvalue weighted by Crippen LogP contribution is -2.22. The molecule has 0 saturated carbocycles. The van der Waals surface area contributed by atoms with E-state index in [2.05, 4.69) is 20.8 Å². The van der Waals surface area contributed by atoms with Gasteiger partial charge in [-0.25, -0.2) is 4.68 Å². The summed E-state index contributed by atoms with van der Waals surface area (Å²) in [6, 6.07) is 12.4. The maximum atomic E-state index is 12.4. The van der Waals surface area contributed by atoms with Crippen molar-refractivity contribution < 1.29 is 4.79 Å². The first-order valence-corrected chi connectivity index (χ1v) is 8.39. The molecule has 0 atom stereocenters. The number of hydrogen-bond acceptors (Lipinski definition) is 5. The third-order valence-corrected chi connectivity index (χ3v) is 3.90. The first-order valence-electron chi connectivity index (χ1n) is 8.39. The second-order valence-corrected chi connectivity index (χ2v) is 6.12. The van der Waals surface area contributed by atoms with E-state index < -0.39 is 0 Å². The summed E-state index contributed by atoms with van der Waals surface area (Å²) in [5, 5.41) is 14.7. The van der Waals surface area contributed by atoms with E-state index in [9.17, 15) is 9.59 Å². The maximum absolute atomic E-state index is 12.4. The van der Waals surface area contributed by atoms with Gasteiger partial charge in [0, 0.05) is 30.8 Å². The van der Waals surface area contributed by atoms with Gasteiger partial charge >= 0.3 is 0 Å². The summed E-state index contributed by atoms with van der Waals surface area (Å²) < 4.78 is 3.21. The Morgan fingerprint density at radius 1 is 1.15 bits per heavy atom. The molecule has 0 aliphatic heterocycles. The molecule has 0 unspecified atom stereocenters. The predicted octanol–water partition coefficient (Wildman–Crippen LogP) is 2.11. The number of nitrogens with zero attached hydrogens (tertiary/aromatic N) is 5. The van der Waals surface area contributed by atoms with Crippen LogP contribution in [0.25, 0.3) is 11.4 Å². The maximum Gasteiger partial charge on any atom is 0.250 e. The van der Waals surface area contributed by atoms with Crippen LogP contribution in [0.2, 0.25) is 0 Å². The lowest BCUT2D eigenvalue weighted by Gasteiger charge is -2.13. The van der Waals surface area contributed by atoms with Gasteiger partial charge in [-0.1, -0.05) is 18.2 Å². The van der Waals surface area contributed by atoms with Crippen LogP contribution in [-0.2, 0) is 11.3 Å². The molecule has 0 spiro atoms. The fraction of sp³-hybridized carbons (Fsp3) is 0.278. The lowest BCUT2D eigenvalue weighted by molar-refractivity contribution is -0.116. The summed E-state index contributed by atoms with van der Waals surface area (Å²) in [5.74, 6) is 0.409. The predicted molar refractivity (Wildman–Crippen MR) is 97.6 cm³/mol. The van der Waals surface area contributed by atoms with E-state index in [1.807, 2.05) is 32.0 Å². The molecular formula is C18H20N6O2. The zero-order valence-corrected chi connectivity index (χ0v) is 14.7. The van der Waals surface area contributed by atoms with Crippen molar-refractivity contribution in [3.05, 3.63) is 59.0 Å². The number of carbonyl (C=O) groups is 1. The van der Waals surface area contributed by atoms with Crippen molar-refractivity contribution in [3.63, 3.8) is 0 Å². The third kappa shape index (κ3) is 3.85. The zero-order valence-electron chi connectivity index (χ0n) is 14.7. The quantitative estimate of drug-likeness (QED) is 0.733. The minimum absolute atomic E-state index is 0.0914. The summed E-state index contributed by atoms with van der Waals surface area (Å²) in [6.45, 7) is 4.29. The smallest absolute Gasteiger partial charge is 0.250 e. The molecule has 0 radical (unpaired) electrons. The summed E-state index contributed by atoms with van der Waals surface area (Å²) in [4.78, 5) is 24.1. The molecule has 3 rings (SSSR count). The molecular weight excluding hydrogens is 332 g/mol. The number of rotatable bonds is 6. The molecule has 0 saturated heterocycles. The summed E-state index contributed by atoms with van der Waals surface area (Å²) in [5.41, 5.74) is 1.25. The number of amides is 1. The Hall–Kier alpha value is -3.29. The zero-order chi connectivity index (χ0) is 18.5. The van der Waals surface area contributed by atoms with E-state index in [0.29, 0.717) is 18.1 Å². The van der Waals surface area contributed by atoms with Crippen LogP contribution >= 0.6 is 0 Å². The van der Waals surface area contributed by atoms with Crippen LogP contribution in [0.4, 0.5) is 5.69 Å². The fourth-order valence-corrected chi connectivity index (χ4v) is 2.59. The molecule has 0 aliphatic carbocycles. The Labute approximate surface area is 150 Å². The minimum atomic E-state index is -0.184. The van der Waals surface area contributed by atoms with Crippen molar-refractivity contribution in [2.24, 2.45) is 0 Å². The van der Waals surface area contributed by atoms with Gasteiger partial charge in [0.05, 0.1) is 11.7 Å². The average molecular weight is 352 g/mol. The molecule has 1 amide bonds. The molecule has 0 fully saturated rings. The molecule has 8 nitrogen and oxygen atoms in total. The largest absolute Gasteiger partial charge is 0.325 e. The molecule has 0 bridgehead atoms. The third-order valence-electron chi connectivity index (χ3n) is 3.90. The fourth-order valence-electron chi connectivity index (χ4n) is 2.59. The van der Waals surface area contributed by atoms with Crippen molar-refractivity contribution in [1.29, 1.82) is 0 Å². The van der Waals surface area contributed by atoms with Crippen molar-refractivity contribution in [2.75, 3.05) is 5.32 Å². The van der Waals surface area contributed by atoms with E-state index in [4.69, 9.17) is 0 Å². The molecule has 8 heteroatoms. The van der Waals surface area contributed by atoms with Crippen molar-refractivity contribution in [2.45, 2.75) is 32.9 Å². The Bertz CT molecular complexity index is 960. The van der Waals surface area contributed by atoms with Crippen LogP contribution in [-0.4, -0.2) is 30.7 Å². The molecule has 26 heavy (non-hydrogen) atoms. The first kappa shape index (κ1) is 17.5. The molecule has 1 N–H and O–H groups in total. The number of tetrazole rings is 1. The standard InChI is InChI=1S/C18H20N6O2/c1-13(2)24-18(20-21-22-24)14-7-3-4-8-15(14)19-16(25)10-12-23-11-6-5-9-17(23)26/h3-9,11,13H,10,12H2,1-2H3,(H,19,25). The highest BCUT2D eigenvalue weighted by Crippen LogP contribution is 2.27. The minimum Gasteiger partial charge on any atom is -0.325 e. The van der Waals surface area contributed by atoms with E-state index >= 15 is 0 Å². The summed E-state index contributed by atoms with van der Waals surface area (Å²) >= 11 is 0. The van der Waals surface area contributed by atoms with Crippen LogP contribution in [0.5, 0.6) is 0 Å². The van der Waals surface area contributed by atoms with Crippen LogP contribution in [0.1, 0.15) is 26.3 Å². The van der Waals surface area contributed by atoms with Crippen LogP contribution in [0, 0.1) is 0 Å². The lowest BCUT2D eigenvalue weighted by atomic mass is 10.1. The van der Waals surface area contributed by atoms with E-state index in [0.717, 1.165) is 5.56 Å². The number of aromatic nitrogens is 5. The average Bonchev–Trinajstić information content (AvgIpc) is 3.11. The molecule has 1 aromatic carbocycles. The van der Waals surface area contributed by atoms with Gasteiger partial charge in [0.2, 0.25) is 5.91 Å². The molecule has 0 aliphatic rings. The van der Waals surface area contributed by atoms with Crippen LogP contribution < -0.4 is 10.9 Å². The number of anilines is 1. The summed E-state index contributed by atoms with van der Waals surface area (Å²) in [7, 11) is 0. The van der Waals surface area contributed by atoms with Crippen LogP contribution in [0.3, 0.4) is 0 Å². The van der Waals surface area contributed by atoms with Gasteiger partial charge in [-0.05, 0) is 42.5 Å². The van der Waals surface area contributed by atoms with Gasteiger partial charge in [-0.15, -0.1) is 5.10 Å². The Balaban J connectivity index is 1.76. The second kappa shape index (κ2) is 7.73. The van der Waals surface area contributed by atoms with Crippen molar-refractivity contribution in [1.82, 2.24) is 24.8 Å². The number of carbonyl (C=O) groups excluding carboxylic acids is 1. The number of pyridine rings is 1. The van der Waals surface area contributed by atoms with Crippen molar-refractivity contribution >= 4 is 11.6 Å². The van der Waals surface area contributed by atoms with Gasteiger partial charge in [-0.2, -0.15) is 0 Å². The number of hydrogen-bond donors (Lipinski definition) is 1. The van der Waals surface area contributed by atoms with Crippen LogP contribution in [0.15, 0.2) is 53.5 Å². The molecule has 2 aromatic heterocycles. The second-order valence-electron chi connectivity index (χ2n) is 6.12. The molecule has 3 aromatic rings. The number of para-hydroxylation sites is 1. The SMILES string of the molecule is CC(C)n1nnnc1-c1ccccc1NC(=O)CCn1ccccc1=O. The van der Waals surface area contributed by atoms with Gasteiger partial charge in [-0.3, -0.25) is 9.59 Å².